The summed E-state index contributed by atoms with van der Waals surface area (Å²) in [6.07, 6.45) is 1.70. The number of hydrogen-bond donors (Lipinski definition) is 0. The van der Waals surface area contributed by atoms with E-state index in [0.29, 0.717) is 24.5 Å². The minimum absolute atomic E-state index is 0.0216. The van der Waals surface area contributed by atoms with Crippen LogP contribution in [-0.4, -0.2) is 61.8 Å². The Kier molecular flexibility index (Phi) is 5.21. The van der Waals surface area contributed by atoms with Crippen molar-refractivity contribution >= 4 is 23.2 Å². The van der Waals surface area contributed by atoms with E-state index in [1.807, 2.05) is 54.2 Å². The smallest absolute Gasteiger partial charge is 0.257 e. The van der Waals surface area contributed by atoms with Gasteiger partial charge in [-0.15, -0.1) is 0 Å². The van der Waals surface area contributed by atoms with Crippen LogP contribution in [0.3, 0.4) is 0 Å². The highest BCUT2D eigenvalue weighted by atomic mass is 16.2. The average Bonchev–Trinajstić information content (AvgIpc) is 2.67. The third kappa shape index (κ3) is 3.69. The highest BCUT2D eigenvalue weighted by Gasteiger charge is 2.24. The molecule has 0 bridgehead atoms. The number of carbonyl (C=O) groups is 2. The largest absolute Gasteiger partial charge is 0.368 e. The fourth-order valence-corrected chi connectivity index (χ4v) is 3.17. The second kappa shape index (κ2) is 7.56. The van der Waals surface area contributed by atoms with Crippen molar-refractivity contribution in [3.05, 3.63) is 53.7 Å². The molecule has 2 heterocycles. The second-order valence-electron chi connectivity index (χ2n) is 6.65. The molecule has 2 aromatic rings. The zero-order chi connectivity index (χ0) is 18.7. The zero-order valence-electron chi connectivity index (χ0n) is 15.5. The standard InChI is InChI=1S/C20H24N4O2/c1-15(25)16-6-8-17(9-7-16)23-11-13-24(14-12-23)20(26)18-5-4-10-21-19(18)22(2)3/h4-10H,11-14H2,1-3H3. The summed E-state index contributed by atoms with van der Waals surface area (Å²) in [4.78, 5) is 34.6. The first-order valence-electron chi connectivity index (χ1n) is 8.75. The molecule has 0 radical (unpaired) electrons. The molecule has 0 N–H and O–H groups in total. The number of aromatic nitrogens is 1. The lowest BCUT2D eigenvalue weighted by Crippen LogP contribution is -2.49. The molecule has 0 aliphatic carbocycles. The van der Waals surface area contributed by atoms with Crippen LogP contribution in [0, 0.1) is 0 Å². The number of hydrogen-bond acceptors (Lipinski definition) is 5. The number of benzene rings is 1. The first-order chi connectivity index (χ1) is 12.5. The van der Waals surface area contributed by atoms with Crippen molar-refractivity contribution in [2.45, 2.75) is 6.92 Å². The van der Waals surface area contributed by atoms with Gasteiger partial charge >= 0.3 is 0 Å². The summed E-state index contributed by atoms with van der Waals surface area (Å²) in [5.74, 6) is 0.785. The van der Waals surface area contributed by atoms with E-state index in [0.717, 1.165) is 24.3 Å². The number of amides is 1. The van der Waals surface area contributed by atoms with E-state index in [4.69, 9.17) is 0 Å². The van der Waals surface area contributed by atoms with E-state index >= 15 is 0 Å². The van der Waals surface area contributed by atoms with Crippen molar-refractivity contribution in [2.75, 3.05) is 50.1 Å². The lowest BCUT2D eigenvalue weighted by molar-refractivity contribution is 0.0747. The molecule has 1 aromatic heterocycles. The van der Waals surface area contributed by atoms with E-state index in [9.17, 15) is 9.59 Å². The van der Waals surface area contributed by atoms with Crippen molar-refractivity contribution < 1.29 is 9.59 Å². The van der Waals surface area contributed by atoms with Crippen molar-refractivity contribution in [1.29, 1.82) is 0 Å². The Hall–Kier alpha value is -2.89. The molecule has 136 valence electrons. The van der Waals surface area contributed by atoms with Crippen LogP contribution in [0.1, 0.15) is 27.6 Å². The zero-order valence-corrected chi connectivity index (χ0v) is 15.5. The Labute approximate surface area is 154 Å². The number of anilines is 2. The predicted octanol–water partition coefficient (Wildman–Crippen LogP) is 2.31. The van der Waals surface area contributed by atoms with E-state index in [1.54, 1.807) is 19.2 Å². The quantitative estimate of drug-likeness (QED) is 0.791. The van der Waals surface area contributed by atoms with Gasteiger partial charge < -0.3 is 14.7 Å². The molecule has 3 rings (SSSR count). The topological polar surface area (TPSA) is 56.8 Å². The van der Waals surface area contributed by atoms with Crippen LogP contribution < -0.4 is 9.80 Å². The molecule has 26 heavy (non-hydrogen) atoms. The molecule has 0 spiro atoms. The number of pyridine rings is 1. The second-order valence-corrected chi connectivity index (χ2v) is 6.65. The van der Waals surface area contributed by atoms with Crippen LogP contribution in [0.4, 0.5) is 11.5 Å². The van der Waals surface area contributed by atoms with Gasteiger partial charge in [0.1, 0.15) is 5.82 Å². The molecule has 0 atom stereocenters. The summed E-state index contributed by atoms with van der Waals surface area (Å²) in [6, 6.07) is 11.3. The van der Waals surface area contributed by atoms with Crippen LogP contribution >= 0.6 is 0 Å². The van der Waals surface area contributed by atoms with Gasteiger partial charge in [-0.3, -0.25) is 9.59 Å². The fourth-order valence-electron chi connectivity index (χ4n) is 3.17. The van der Waals surface area contributed by atoms with Crippen molar-refractivity contribution in [1.82, 2.24) is 9.88 Å². The molecule has 1 fully saturated rings. The third-order valence-electron chi connectivity index (χ3n) is 4.65. The fraction of sp³-hybridized carbons (Fsp3) is 0.350. The van der Waals surface area contributed by atoms with Gasteiger partial charge in [0.25, 0.3) is 5.91 Å². The number of carbonyl (C=O) groups excluding carboxylic acids is 2. The highest BCUT2D eigenvalue weighted by molar-refractivity contribution is 5.99. The molecule has 1 saturated heterocycles. The van der Waals surface area contributed by atoms with Gasteiger partial charge in [0, 0.05) is 57.7 Å². The summed E-state index contributed by atoms with van der Waals surface area (Å²) in [7, 11) is 3.78. The first kappa shape index (κ1) is 17.9. The number of piperazine rings is 1. The average molecular weight is 352 g/mol. The SMILES string of the molecule is CC(=O)c1ccc(N2CCN(C(=O)c3cccnc3N(C)C)CC2)cc1. The van der Waals surface area contributed by atoms with Crippen molar-refractivity contribution in [3.63, 3.8) is 0 Å². The molecule has 1 amide bonds. The summed E-state index contributed by atoms with van der Waals surface area (Å²) >= 11 is 0. The van der Waals surface area contributed by atoms with Gasteiger partial charge in [-0.25, -0.2) is 4.98 Å². The monoisotopic (exact) mass is 352 g/mol. The Balaban J connectivity index is 1.67. The van der Waals surface area contributed by atoms with Gasteiger partial charge in [-0.2, -0.15) is 0 Å². The molecule has 0 saturated carbocycles. The summed E-state index contributed by atoms with van der Waals surface area (Å²) in [6.45, 7) is 4.43. The molecular weight excluding hydrogens is 328 g/mol. The minimum Gasteiger partial charge on any atom is -0.368 e. The van der Waals surface area contributed by atoms with Crippen LogP contribution in [0.25, 0.3) is 0 Å². The Morgan fingerprint density at radius 3 is 2.23 bits per heavy atom. The molecular formula is C20H24N4O2. The van der Waals surface area contributed by atoms with Crippen LogP contribution in [-0.2, 0) is 0 Å². The first-order valence-corrected chi connectivity index (χ1v) is 8.75. The van der Waals surface area contributed by atoms with E-state index < -0.39 is 0 Å². The van der Waals surface area contributed by atoms with E-state index in [1.165, 1.54) is 0 Å². The van der Waals surface area contributed by atoms with Crippen LogP contribution in [0.15, 0.2) is 42.6 Å². The lowest BCUT2D eigenvalue weighted by Gasteiger charge is -2.36. The third-order valence-corrected chi connectivity index (χ3v) is 4.65. The Morgan fingerprint density at radius 1 is 1.00 bits per heavy atom. The summed E-state index contributed by atoms with van der Waals surface area (Å²) < 4.78 is 0. The number of rotatable bonds is 4. The molecule has 0 unspecified atom stereocenters. The van der Waals surface area contributed by atoms with Gasteiger partial charge in [-0.1, -0.05) is 0 Å². The lowest BCUT2D eigenvalue weighted by atomic mass is 10.1. The van der Waals surface area contributed by atoms with Crippen molar-refractivity contribution in [2.24, 2.45) is 0 Å². The maximum Gasteiger partial charge on any atom is 0.257 e. The van der Waals surface area contributed by atoms with Gasteiger partial charge in [0.2, 0.25) is 0 Å². The number of Topliss-reactive ketones (excluding diaryl/α,β-unsaturated/α-hetero) is 1. The van der Waals surface area contributed by atoms with Gasteiger partial charge in [0.05, 0.1) is 5.56 Å². The van der Waals surface area contributed by atoms with Crippen LogP contribution in [0.5, 0.6) is 0 Å². The van der Waals surface area contributed by atoms with Crippen molar-refractivity contribution in [3.8, 4) is 0 Å². The summed E-state index contributed by atoms with van der Waals surface area (Å²) in [5.41, 5.74) is 2.43. The number of ketones is 1. The number of nitrogens with zero attached hydrogens (tertiary/aromatic N) is 4. The Bertz CT molecular complexity index is 794. The van der Waals surface area contributed by atoms with Gasteiger partial charge in [0.15, 0.2) is 5.78 Å². The maximum atomic E-state index is 12.9. The molecule has 6 heteroatoms. The molecule has 1 aliphatic heterocycles. The normalized spacial score (nSPS) is 14.3. The molecule has 1 aromatic carbocycles. The minimum atomic E-state index is 0.0216. The predicted molar refractivity (Wildman–Crippen MR) is 103 cm³/mol. The van der Waals surface area contributed by atoms with E-state index in [2.05, 4.69) is 9.88 Å². The van der Waals surface area contributed by atoms with E-state index in [-0.39, 0.29) is 11.7 Å². The van der Waals surface area contributed by atoms with Gasteiger partial charge in [-0.05, 0) is 43.3 Å². The molecule has 6 nitrogen and oxygen atoms in total. The highest BCUT2D eigenvalue weighted by Crippen LogP contribution is 2.21. The summed E-state index contributed by atoms with van der Waals surface area (Å²) in [5, 5.41) is 0. The van der Waals surface area contributed by atoms with Crippen LogP contribution in [0.2, 0.25) is 0 Å². The maximum absolute atomic E-state index is 12.9. The Morgan fingerprint density at radius 2 is 1.65 bits per heavy atom. The molecule has 1 aliphatic rings.